The van der Waals surface area contributed by atoms with Crippen molar-refractivity contribution in [3.05, 3.63) is 54.6 Å². The molecule has 2 aromatic carbocycles. The molecule has 0 atom stereocenters. The zero-order valence-corrected chi connectivity index (χ0v) is 16.1. The lowest BCUT2D eigenvalue weighted by Gasteiger charge is -2.12. The summed E-state index contributed by atoms with van der Waals surface area (Å²) in [6.07, 6.45) is 2.89. The lowest BCUT2D eigenvalue weighted by atomic mass is 10.2. The summed E-state index contributed by atoms with van der Waals surface area (Å²) in [6.45, 7) is 0. The number of halogens is 1. The summed E-state index contributed by atoms with van der Waals surface area (Å²) in [6, 6.07) is 10.9. The van der Waals surface area contributed by atoms with E-state index in [0.717, 1.165) is 22.8 Å². The van der Waals surface area contributed by atoms with E-state index >= 15 is 0 Å². The topological polar surface area (TPSA) is 86.1 Å². The van der Waals surface area contributed by atoms with Gasteiger partial charge in [0.05, 0.1) is 32.1 Å². The number of ether oxygens (including phenoxy) is 2. The molecule has 0 aliphatic carbocycles. The fraction of sp³-hybridized carbons (Fsp3) is 0.150. The Morgan fingerprint density at radius 3 is 2.48 bits per heavy atom. The predicted molar refractivity (Wildman–Crippen MR) is 109 cm³/mol. The zero-order chi connectivity index (χ0) is 20.4. The molecule has 9 heteroatoms. The summed E-state index contributed by atoms with van der Waals surface area (Å²) < 4.78 is 26.5. The Morgan fingerprint density at radius 2 is 1.69 bits per heavy atom. The molecule has 0 aliphatic heterocycles. The lowest BCUT2D eigenvalue weighted by Crippen LogP contribution is -2.03. The molecule has 4 aromatic rings. The molecule has 29 heavy (non-hydrogen) atoms. The van der Waals surface area contributed by atoms with Crippen LogP contribution in [0.4, 0.5) is 27.5 Å². The molecule has 0 unspecified atom stereocenters. The monoisotopic (exact) mass is 394 g/mol. The van der Waals surface area contributed by atoms with E-state index in [1.807, 2.05) is 25.2 Å². The minimum atomic E-state index is -0.576. The van der Waals surface area contributed by atoms with Crippen molar-refractivity contribution in [3.8, 4) is 11.5 Å². The van der Waals surface area contributed by atoms with Crippen LogP contribution in [-0.4, -0.2) is 34.0 Å². The summed E-state index contributed by atoms with van der Waals surface area (Å²) in [4.78, 5) is 8.26. The van der Waals surface area contributed by atoms with Gasteiger partial charge < -0.3 is 20.1 Å². The Bertz CT molecular complexity index is 1180. The zero-order valence-electron chi connectivity index (χ0n) is 16.1. The second-order valence-electron chi connectivity index (χ2n) is 6.25. The van der Waals surface area contributed by atoms with Gasteiger partial charge >= 0.3 is 0 Å². The second-order valence-corrected chi connectivity index (χ2v) is 6.25. The van der Waals surface area contributed by atoms with Crippen LogP contribution in [0.25, 0.3) is 10.9 Å². The number of hydrogen-bond donors (Lipinski definition) is 2. The van der Waals surface area contributed by atoms with Gasteiger partial charge in [0, 0.05) is 29.9 Å². The van der Waals surface area contributed by atoms with Crippen molar-refractivity contribution in [2.75, 3.05) is 24.9 Å². The van der Waals surface area contributed by atoms with Crippen LogP contribution in [0.5, 0.6) is 11.5 Å². The van der Waals surface area contributed by atoms with Gasteiger partial charge in [-0.3, -0.25) is 4.68 Å². The minimum Gasteiger partial charge on any atom is -0.493 e. The van der Waals surface area contributed by atoms with Gasteiger partial charge in [-0.15, -0.1) is 0 Å². The number of rotatable bonds is 6. The molecule has 0 saturated heterocycles. The molecule has 4 rings (SSSR count). The molecule has 0 saturated carbocycles. The van der Waals surface area contributed by atoms with Gasteiger partial charge in [0.2, 0.25) is 5.95 Å². The SMILES string of the molecule is COc1ccc(Nc2nc(Nc3ccc4c(cnn4C)c3)ncc2F)cc1OC. The van der Waals surface area contributed by atoms with E-state index in [2.05, 4.69) is 25.7 Å². The van der Waals surface area contributed by atoms with Crippen LogP contribution in [0.2, 0.25) is 0 Å². The molecule has 0 spiro atoms. The normalized spacial score (nSPS) is 10.8. The Hall–Kier alpha value is -3.88. The Balaban J connectivity index is 1.58. The van der Waals surface area contributed by atoms with E-state index in [9.17, 15) is 4.39 Å². The first-order chi connectivity index (χ1) is 14.1. The molecule has 2 aromatic heterocycles. The van der Waals surface area contributed by atoms with E-state index in [1.54, 1.807) is 36.2 Å². The van der Waals surface area contributed by atoms with Crippen LogP contribution < -0.4 is 20.1 Å². The van der Waals surface area contributed by atoms with Crippen LogP contribution in [0.1, 0.15) is 0 Å². The van der Waals surface area contributed by atoms with E-state index in [1.165, 1.54) is 7.11 Å². The van der Waals surface area contributed by atoms with Crippen molar-refractivity contribution in [1.29, 1.82) is 0 Å². The van der Waals surface area contributed by atoms with Gasteiger partial charge in [0.15, 0.2) is 23.1 Å². The number of anilines is 4. The molecular formula is C20H19FN6O2. The van der Waals surface area contributed by atoms with E-state index in [4.69, 9.17) is 9.47 Å². The molecule has 2 N–H and O–H groups in total. The first-order valence-electron chi connectivity index (χ1n) is 8.78. The maximum Gasteiger partial charge on any atom is 0.229 e. The van der Waals surface area contributed by atoms with Crippen molar-refractivity contribution in [1.82, 2.24) is 19.7 Å². The fourth-order valence-electron chi connectivity index (χ4n) is 2.94. The number of hydrogen-bond acceptors (Lipinski definition) is 7. The molecule has 0 radical (unpaired) electrons. The van der Waals surface area contributed by atoms with E-state index in [0.29, 0.717) is 17.2 Å². The highest BCUT2D eigenvalue weighted by Gasteiger charge is 2.11. The predicted octanol–water partition coefficient (Wildman–Crippen LogP) is 4.01. The molecule has 0 amide bonds. The van der Waals surface area contributed by atoms with Gasteiger partial charge in [-0.2, -0.15) is 10.1 Å². The average Bonchev–Trinajstić information content (AvgIpc) is 3.10. The summed E-state index contributed by atoms with van der Waals surface area (Å²) in [5.41, 5.74) is 2.38. The first kappa shape index (κ1) is 18.5. The maximum absolute atomic E-state index is 14.3. The maximum atomic E-state index is 14.3. The first-order valence-corrected chi connectivity index (χ1v) is 8.78. The third kappa shape index (κ3) is 3.75. The van der Waals surface area contributed by atoms with Crippen LogP contribution in [0, 0.1) is 5.82 Å². The fourth-order valence-corrected chi connectivity index (χ4v) is 2.94. The molecule has 0 fully saturated rings. The highest BCUT2D eigenvalue weighted by atomic mass is 19.1. The van der Waals surface area contributed by atoms with Gasteiger partial charge in [-0.25, -0.2) is 9.37 Å². The Kier molecular flexibility index (Phi) is 4.86. The van der Waals surface area contributed by atoms with Crippen LogP contribution in [0.3, 0.4) is 0 Å². The highest BCUT2D eigenvalue weighted by molar-refractivity contribution is 5.83. The van der Waals surface area contributed by atoms with Crippen LogP contribution >= 0.6 is 0 Å². The van der Waals surface area contributed by atoms with Crippen molar-refractivity contribution < 1.29 is 13.9 Å². The molecule has 0 aliphatic rings. The third-order valence-electron chi connectivity index (χ3n) is 4.39. The van der Waals surface area contributed by atoms with Crippen molar-refractivity contribution in [3.63, 3.8) is 0 Å². The van der Waals surface area contributed by atoms with Crippen molar-refractivity contribution >= 4 is 34.0 Å². The third-order valence-corrected chi connectivity index (χ3v) is 4.39. The minimum absolute atomic E-state index is 0.0391. The standard InChI is InChI=1S/C20H19FN6O2/c1-27-16-6-4-13(8-12(16)10-23-27)25-20-22-11-15(21)19(26-20)24-14-5-7-17(28-2)18(9-14)29-3/h4-11H,1-3H3,(H2,22,24,25,26). The number of aromatic nitrogens is 4. The summed E-state index contributed by atoms with van der Waals surface area (Å²) in [5, 5.41) is 11.2. The largest absolute Gasteiger partial charge is 0.493 e. The molecule has 8 nitrogen and oxygen atoms in total. The Labute approximate surface area is 166 Å². The van der Waals surface area contributed by atoms with Crippen molar-refractivity contribution in [2.45, 2.75) is 0 Å². The Morgan fingerprint density at radius 1 is 0.931 bits per heavy atom. The van der Waals surface area contributed by atoms with Crippen LogP contribution in [-0.2, 0) is 7.05 Å². The average molecular weight is 394 g/mol. The number of nitrogens with one attached hydrogen (secondary N) is 2. The second kappa shape index (κ2) is 7.63. The van der Waals surface area contributed by atoms with Gasteiger partial charge in [-0.05, 0) is 30.3 Å². The number of methoxy groups -OCH3 is 2. The van der Waals surface area contributed by atoms with Crippen molar-refractivity contribution in [2.24, 2.45) is 7.05 Å². The summed E-state index contributed by atoms with van der Waals surface area (Å²) in [7, 11) is 4.97. The molecule has 2 heterocycles. The summed E-state index contributed by atoms with van der Waals surface area (Å²) >= 11 is 0. The quantitative estimate of drug-likeness (QED) is 0.511. The van der Waals surface area contributed by atoms with E-state index in [-0.39, 0.29) is 11.8 Å². The molecule has 0 bridgehead atoms. The van der Waals surface area contributed by atoms with Gasteiger partial charge in [0.25, 0.3) is 0 Å². The number of fused-ring (bicyclic) bond motifs is 1. The number of aryl methyl sites for hydroxylation is 1. The number of nitrogens with zero attached hydrogens (tertiary/aromatic N) is 4. The smallest absolute Gasteiger partial charge is 0.229 e. The molecule has 148 valence electrons. The van der Waals surface area contributed by atoms with Crippen LogP contribution in [0.15, 0.2) is 48.8 Å². The highest BCUT2D eigenvalue weighted by Crippen LogP contribution is 2.31. The lowest BCUT2D eigenvalue weighted by molar-refractivity contribution is 0.355. The van der Waals surface area contributed by atoms with Gasteiger partial charge in [0.1, 0.15) is 0 Å². The van der Waals surface area contributed by atoms with Gasteiger partial charge in [-0.1, -0.05) is 0 Å². The number of benzene rings is 2. The molecular weight excluding hydrogens is 375 g/mol. The summed E-state index contributed by atoms with van der Waals surface area (Å²) in [5.74, 6) is 0.826. The van der Waals surface area contributed by atoms with E-state index < -0.39 is 5.82 Å².